The quantitative estimate of drug-likeness (QED) is 0.595. The van der Waals surface area contributed by atoms with Gasteiger partial charge < -0.3 is 9.47 Å². The molecular weight excluding hydrogens is 229 g/mol. The van der Waals surface area contributed by atoms with Crippen LogP contribution in [-0.4, -0.2) is 38.6 Å². The Morgan fingerprint density at radius 2 is 1.80 bits per heavy atom. The maximum Gasteiger partial charge on any atom is 0.456 e. The maximum absolute atomic E-state index is 12.2. The van der Waals surface area contributed by atoms with Crippen molar-refractivity contribution in [3.8, 4) is 0 Å². The molecule has 0 aromatic carbocycles. The first kappa shape index (κ1) is 13.9. The van der Waals surface area contributed by atoms with Crippen molar-refractivity contribution in [2.45, 2.75) is 12.1 Å². The maximum atomic E-state index is 12.2. The third kappa shape index (κ3) is 4.77. The van der Waals surface area contributed by atoms with Crippen molar-refractivity contribution >= 4 is 6.09 Å². The van der Waals surface area contributed by atoms with Gasteiger partial charge in [-0.3, -0.25) is 5.32 Å². The molecule has 0 aliphatic rings. The monoisotopic (exact) mass is 237 g/mol. The summed E-state index contributed by atoms with van der Waals surface area (Å²) in [6, 6.07) is 0. The highest BCUT2D eigenvalue weighted by Gasteiger charge is 2.58. The molecule has 0 saturated heterocycles. The molecule has 0 aromatic heterocycles. The van der Waals surface area contributed by atoms with Crippen molar-refractivity contribution < 1.29 is 36.2 Å². The minimum atomic E-state index is -5.74. The van der Waals surface area contributed by atoms with E-state index in [9.17, 15) is 26.7 Å². The fourth-order valence-corrected chi connectivity index (χ4v) is 0.420. The van der Waals surface area contributed by atoms with Crippen LogP contribution in [0.5, 0.6) is 0 Å². The molecule has 90 valence electrons. The Hall–Kier alpha value is -1.12. The van der Waals surface area contributed by atoms with Crippen LogP contribution in [0, 0.1) is 0 Å². The highest BCUT2D eigenvalue weighted by molar-refractivity contribution is 5.66. The third-order valence-electron chi connectivity index (χ3n) is 1.16. The van der Waals surface area contributed by atoms with Crippen LogP contribution in [0.2, 0.25) is 0 Å². The van der Waals surface area contributed by atoms with Crippen molar-refractivity contribution in [2.24, 2.45) is 0 Å². The molecule has 0 saturated carbocycles. The van der Waals surface area contributed by atoms with Gasteiger partial charge in [-0.1, -0.05) is 0 Å². The highest BCUT2D eigenvalue weighted by atomic mass is 19.4. The molecule has 0 radical (unpaired) electrons. The van der Waals surface area contributed by atoms with Gasteiger partial charge >= 0.3 is 18.2 Å². The first-order valence-electron chi connectivity index (χ1n) is 3.55. The van der Waals surface area contributed by atoms with Crippen LogP contribution in [0.15, 0.2) is 0 Å². The summed E-state index contributed by atoms with van der Waals surface area (Å²) in [5.41, 5.74) is 0. The minimum absolute atomic E-state index is 0.351. The molecule has 0 rings (SSSR count). The number of hydrogen-bond donors (Lipinski definition) is 1. The van der Waals surface area contributed by atoms with Gasteiger partial charge in [0.1, 0.15) is 6.73 Å². The number of carbonyl (C=O) groups excluding carboxylic acids is 1. The van der Waals surface area contributed by atoms with Gasteiger partial charge in [-0.15, -0.1) is 0 Å². The standard InChI is InChI=1S/C6H8F5NO3/c1-14-3-12-4(13)15-2-5(7,8)6(9,10)11/h2-3H2,1H3,(H,12,13). The first-order chi connectivity index (χ1) is 6.70. The van der Waals surface area contributed by atoms with Gasteiger partial charge in [0.15, 0.2) is 6.61 Å². The van der Waals surface area contributed by atoms with E-state index >= 15 is 0 Å². The second kappa shape index (κ2) is 5.10. The zero-order chi connectivity index (χ0) is 12.1. The zero-order valence-corrected chi connectivity index (χ0v) is 7.53. The average Bonchev–Trinajstić information content (AvgIpc) is 2.09. The Kier molecular flexibility index (Phi) is 4.72. The van der Waals surface area contributed by atoms with Crippen LogP contribution in [-0.2, 0) is 9.47 Å². The number of alkyl halides is 5. The summed E-state index contributed by atoms with van der Waals surface area (Å²) in [6.07, 6.45) is -7.16. The van der Waals surface area contributed by atoms with E-state index in [0.29, 0.717) is 0 Å². The number of nitrogens with one attached hydrogen (secondary N) is 1. The average molecular weight is 237 g/mol. The molecule has 0 fully saturated rings. The van der Waals surface area contributed by atoms with Crippen molar-refractivity contribution in [2.75, 3.05) is 20.4 Å². The topological polar surface area (TPSA) is 47.6 Å². The molecule has 15 heavy (non-hydrogen) atoms. The summed E-state index contributed by atoms with van der Waals surface area (Å²) in [7, 11) is 1.19. The summed E-state index contributed by atoms with van der Waals surface area (Å²) in [5, 5.41) is 1.77. The van der Waals surface area contributed by atoms with E-state index < -0.39 is 24.8 Å². The van der Waals surface area contributed by atoms with Crippen molar-refractivity contribution in [3.63, 3.8) is 0 Å². The lowest BCUT2D eigenvalue weighted by molar-refractivity contribution is -0.292. The Morgan fingerprint density at radius 3 is 2.20 bits per heavy atom. The second-order valence-corrected chi connectivity index (χ2v) is 2.39. The number of halogens is 5. The predicted molar refractivity (Wildman–Crippen MR) is 37.4 cm³/mol. The van der Waals surface area contributed by atoms with Gasteiger partial charge in [0.25, 0.3) is 0 Å². The molecule has 0 aliphatic heterocycles. The molecule has 0 spiro atoms. The lowest BCUT2D eigenvalue weighted by Crippen LogP contribution is -2.42. The first-order valence-corrected chi connectivity index (χ1v) is 3.55. The number of ether oxygens (including phenoxy) is 2. The number of carbonyl (C=O) groups is 1. The van der Waals surface area contributed by atoms with E-state index in [0.717, 1.165) is 0 Å². The van der Waals surface area contributed by atoms with Gasteiger partial charge in [-0.05, 0) is 0 Å². The summed E-state index contributed by atoms with van der Waals surface area (Å²) in [5.74, 6) is -5.06. The van der Waals surface area contributed by atoms with E-state index in [1.807, 2.05) is 0 Å². The van der Waals surface area contributed by atoms with Crippen LogP contribution >= 0.6 is 0 Å². The van der Waals surface area contributed by atoms with Crippen LogP contribution in [0.3, 0.4) is 0 Å². The van der Waals surface area contributed by atoms with Gasteiger partial charge in [-0.2, -0.15) is 22.0 Å². The second-order valence-electron chi connectivity index (χ2n) is 2.39. The van der Waals surface area contributed by atoms with Gasteiger partial charge in [0.2, 0.25) is 0 Å². The van der Waals surface area contributed by atoms with E-state index in [2.05, 4.69) is 9.47 Å². The van der Waals surface area contributed by atoms with E-state index in [4.69, 9.17) is 0 Å². The lowest BCUT2D eigenvalue weighted by Gasteiger charge is -2.19. The van der Waals surface area contributed by atoms with E-state index in [-0.39, 0.29) is 6.73 Å². The van der Waals surface area contributed by atoms with Crippen molar-refractivity contribution in [3.05, 3.63) is 0 Å². The Bertz CT molecular complexity index is 217. The SMILES string of the molecule is COCNC(=O)OCC(F)(F)C(F)(F)F. The molecule has 0 unspecified atom stereocenters. The molecule has 1 N–H and O–H groups in total. The molecule has 4 nitrogen and oxygen atoms in total. The van der Waals surface area contributed by atoms with Gasteiger partial charge in [0, 0.05) is 7.11 Å². The van der Waals surface area contributed by atoms with Crippen molar-refractivity contribution in [1.29, 1.82) is 0 Å². The van der Waals surface area contributed by atoms with Crippen LogP contribution in [0.1, 0.15) is 0 Å². The van der Waals surface area contributed by atoms with E-state index in [1.54, 1.807) is 5.32 Å². The number of hydrogen-bond acceptors (Lipinski definition) is 3. The molecule has 9 heteroatoms. The number of alkyl carbamates (subject to hydrolysis) is 1. The summed E-state index contributed by atoms with van der Waals surface area (Å²) in [4.78, 5) is 10.5. The Morgan fingerprint density at radius 1 is 1.27 bits per heavy atom. The number of methoxy groups -OCH3 is 1. The predicted octanol–water partition coefficient (Wildman–Crippen LogP) is 1.51. The Labute approximate surface area is 81.3 Å². The highest BCUT2D eigenvalue weighted by Crippen LogP contribution is 2.35. The van der Waals surface area contributed by atoms with Crippen molar-refractivity contribution in [1.82, 2.24) is 5.32 Å². The largest absolute Gasteiger partial charge is 0.456 e. The fraction of sp³-hybridized carbons (Fsp3) is 0.833. The molecule has 0 heterocycles. The molecule has 1 amide bonds. The van der Waals surface area contributed by atoms with Crippen LogP contribution in [0.25, 0.3) is 0 Å². The van der Waals surface area contributed by atoms with Gasteiger partial charge in [-0.25, -0.2) is 4.79 Å². The van der Waals surface area contributed by atoms with E-state index in [1.165, 1.54) is 7.11 Å². The van der Waals surface area contributed by atoms with Gasteiger partial charge in [0.05, 0.1) is 0 Å². The molecule has 0 atom stereocenters. The summed E-state index contributed by atoms with van der Waals surface area (Å²) in [6.45, 7) is -2.41. The number of rotatable bonds is 4. The third-order valence-corrected chi connectivity index (χ3v) is 1.16. The van der Waals surface area contributed by atoms with Crippen LogP contribution in [0.4, 0.5) is 26.7 Å². The fourth-order valence-electron chi connectivity index (χ4n) is 0.420. The zero-order valence-electron chi connectivity index (χ0n) is 7.53. The number of amides is 1. The molecule has 0 bridgehead atoms. The lowest BCUT2D eigenvalue weighted by atomic mass is 10.3. The normalized spacial score (nSPS) is 12.4. The summed E-state index contributed by atoms with van der Waals surface area (Å²) < 4.78 is 66.9. The minimum Gasteiger partial charge on any atom is -0.443 e. The molecular formula is C6H8F5NO3. The summed E-state index contributed by atoms with van der Waals surface area (Å²) >= 11 is 0. The molecule has 0 aromatic rings. The van der Waals surface area contributed by atoms with Crippen LogP contribution < -0.4 is 5.32 Å². The molecule has 0 aliphatic carbocycles. The smallest absolute Gasteiger partial charge is 0.443 e. The Balaban J connectivity index is 3.99.